The van der Waals surface area contributed by atoms with E-state index in [1.165, 1.54) is 34.8 Å². The maximum Gasteiger partial charge on any atom is 0.258 e. The predicted molar refractivity (Wildman–Crippen MR) is 101 cm³/mol. The Balaban J connectivity index is 1.71. The topological polar surface area (TPSA) is 92.0 Å². The van der Waals surface area contributed by atoms with Crippen LogP contribution in [0.15, 0.2) is 55.5 Å². The van der Waals surface area contributed by atoms with Crippen LogP contribution >= 0.6 is 27.5 Å². The highest BCUT2D eigenvalue weighted by Crippen LogP contribution is 2.27. The molecule has 0 saturated carbocycles. The lowest BCUT2D eigenvalue weighted by Crippen LogP contribution is -2.44. The van der Waals surface area contributed by atoms with E-state index >= 15 is 0 Å². The predicted octanol–water partition coefficient (Wildman–Crippen LogP) is 3.00. The van der Waals surface area contributed by atoms with Gasteiger partial charge in [-0.2, -0.15) is 9.41 Å². The summed E-state index contributed by atoms with van der Waals surface area (Å²) in [6.07, 6.45) is 2.37. The molecule has 0 radical (unpaired) electrons. The van der Waals surface area contributed by atoms with E-state index in [4.69, 9.17) is 16.0 Å². The maximum atomic E-state index is 12.8. The van der Waals surface area contributed by atoms with Crippen molar-refractivity contribution in [3.8, 4) is 0 Å². The summed E-state index contributed by atoms with van der Waals surface area (Å²) in [5, 5.41) is 4.27. The monoisotopic (exact) mass is 459 g/mol. The number of nitrogens with zero attached hydrogens (tertiary/aromatic N) is 2. The van der Waals surface area contributed by atoms with Crippen molar-refractivity contribution in [2.45, 2.75) is 23.8 Å². The normalized spacial score (nSPS) is 18.5. The van der Waals surface area contributed by atoms with Gasteiger partial charge in [-0.3, -0.25) is 4.79 Å². The van der Waals surface area contributed by atoms with Gasteiger partial charge < -0.3 is 4.42 Å². The van der Waals surface area contributed by atoms with E-state index in [0.717, 1.165) is 0 Å². The van der Waals surface area contributed by atoms with Crippen LogP contribution in [0.1, 0.15) is 18.6 Å². The molecule has 0 spiro atoms. The third kappa shape index (κ3) is 4.17. The minimum Gasteiger partial charge on any atom is -0.448 e. The van der Waals surface area contributed by atoms with Gasteiger partial charge in [0.25, 0.3) is 5.91 Å². The second kappa shape index (κ2) is 7.91. The number of carbonyl (C=O) groups excluding carboxylic acids is 1. The number of furan rings is 1. The lowest BCUT2D eigenvalue weighted by molar-refractivity contribution is -0.124. The number of rotatable bonds is 5. The summed E-state index contributed by atoms with van der Waals surface area (Å²) < 4.78 is 32.6. The summed E-state index contributed by atoms with van der Waals surface area (Å²) in [7, 11) is -3.79. The summed E-state index contributed by atoms with van der Waals surface area (Å²) in [5.41, 5.74) is 2.37. The van der Waals surface area contributed by atoms with E-state index in [9.17, 15) is 13.2 Å². The molecule has 26 heavy (non-hydrogen) atoms. The van der Waals surface area contributed by atoms with Crippen LogP contribution in [0.2, 0.25) is 5.02 Å². The number of carbonyl (C=O) groups is 1. The van der Waals surface area contributed by atoms with Crippen molar-refractivity contribution in [1.29, 1.82) is 0 Å². The Morgan fingerprint density at radius 2 is 2.04 bits per heavy atom. The molecule has 0 aliphatic carbocycles. The molecule has 0 unspecified atom stereocenters. The van der Waals surface area contributed by atoms with Gasteiger partial charge in [0, 0.05) is 11.6 Å². The SMILES string of the molecule is O=C(NN=Cc1ccc(Br)o1)[C@@H]1CCCN1S(=O)(=O)c1ccc(Cl)cc1. The number of nitrogens with one attached hydrogen (secondary N) is 1. The largest absolute Gasteiger partial charge is 0.448 e. The van der Waals surface area contributed by atoms with E-state index in [-0.39, 0.29) is 11.4 Å². The Labute approximate surface area is 164 Å². The molecule has 0 bridgehead atoms. The fraction of sp³-hybridized carbons (Fsp3) is 0.250. The lowest BCUT2D eigenvalue weighted by Gasteiger charge is -2.22. The molecule has 1 saturated heterocycles. The average Bonchev–Trinajstić information content (AvgIpc) is 3.24. The first kappa shape index (κ1) is 19.1. The number of benzene rings is 1. The number of sulfonamides is 1. The zero-order chi connectivity index (χ0) is 18.7. The molecule has 138 valence electrons. The van der Waals surface area contributed by atoms with Crippen molar-refractivity contribution in [3.05, 3.63) is 51.9 Å². The standard InChI is InChI=1S/C16H15BrClN3O4S/c17-15-8-5-12(25-15)10-19-20-16(22)14-2-1-9-21(14)26(23,24)13-6-3-11(18)4-7-13/h3-8,10,14H,1-2,9H2,(H,20,22)/t14-/m0/s1. The lowest BCUT2D eigenvalue weighted by atomic mass is 10.2. The summed E-state index contributed by atoms with van der Waals surface area (Å²) >= 11 is 8.98. The van der Waals surface area contributed by atoms with Crippen LogP contribution in [-0.4, -0.2) is 37.4 Å². The first-order valence-corrected chi connectivity index (χ1v) is 10.3. The van der Waals surface area contributed by atoms with Gasteiger partial charge in [0.2, 0.25) is 10.0 Å². The summed E-state index contributed by atoms with van der Waals surface area (Å²) in [6.45, 7) is 0.276. The van der Waals surface area contributed by atoms with Crippen LogP contribution < -0.4 is 5.43 Å². The Hall–Kier alpha value is -1.68. The van der Waals surface area contributed by atoms with E-state index in [1.807, 2.05) is 0 Å². The van der Waals surface area contributed by atoms with Crippen LogP contribution in [0.4, 0.5) is 0 Å². The van der Waals surface area contributed by atoms with Crippen LogP contribution in [0, 0.1) is 0 Å². The van der Waals surface area contributed by atoms with E-state index in [2.05, 4.69) is 26.5 Å². The fourth-order valence-corrected chi connectivity index (χ4v) is 4.77. The second-order valence-electron chi connectivity index (χ2n) is 5.60. The van der Waals surface area contributed by atoms with Crippen LogP contribution in [-0.2, 0) is 14.8 Å². The van der Waals surface area contributed by atoms with E-state index in [0.29, 0.717) is 28.3 Å². The molecule has 1 aromatic heterocycles. The Kier molecular flexibility index (Phi) is 5.81. The second-order valence-corrected chi connectivity index (χ2v) is 8.71. The van der Waals surface area contributed by atoms with E-state index < -0.39 is 22.0 Å². The highest BCUT2D eigenvalue weighted by atomic mass is 79.9. The summed E-state index contributed by atoms with van der Waals surface area (Å²) in [6, 6.07) is 8.43. The smallest absolute Gasteiger partial charge is 0.258 e. The quantitative estimate of drug-likeness (QED) is 0.548. The molecule has 2 heterocycles. The molecule has 1 fully saturated rings. The van der Waals surface area contributed by atoms with Crippen molar-refractivity contribution >= 4 is 49.7 Å². The zero-order valence-electron chi connectivity index (χ0n) is 13.4. The van der Waals surface area contributed by atoms with Gasteiger partial charge in [0.15, 0.2) is 4.67 Å². The number of amides is 1. The molecule has 2 aromatic rings. The zero-order valence-corrected chi connectivity index (χ0v) is 16.6. The molecule has 1 aliphatic rings. The molecular weight excluding hydrogens is 446 g/mol. The molecule has 10 heteroatoms. The van der Waals surface area contributed by atoms with Crippen molar-refractivity contribution in [1.82, 2.24) is 9.73 Å². The van der Waals surface area contributed by atoms with Crippen LogP contribution in [0.5, 0.6) is 0 Å². The molecule has 1 atom stereocenters. The minimum absolute atomic E-state index is 0.102. The molecule has 7 nitrogen and oxygen atoms in total. The van der Waals surface area contributed by atoms with Crippen molar-refractivity contribution in [2.75, 3.05) is 6.54 Å². The van der Waals surface area contributed by atoms with Crippen molar-refractivity contribution in [2.24, 2.45) is 5.10 Å². The van der Waals surface area contributed by atoms with Gasteiger partial charge in [-0.25, -0.2) is 13.8 Å². The Bertz CT molecular complexity index is 927. The van der Waals surface area contributed by atoms with Crippen molar-refractivity contribution in [3.63, 3.8) is 0 Å². The average molecular weight is 461 g/mol. The van der Waals surface area contributed by atoms with Gasteiger partial charge in [-0.1, -0.05) is 11.6 Å². The van der Waals surface area contributed by atoms with Crippen LogP contribution in [0.3, 0.4) is 0 Å². The van der Waals surface area contributed by atoms with Gasteiger partial charge >= 0.3 is 0 Å². The molecular formula is C16H15BrClN3O4S. The number of halogens is 2. The van der Waals surface area contributed by atoms with Crippen LogP contribution in [0.25, 0.3) is 0 Å². The first-order chi connectivity index (χ1) is 12.4. The van der Waals surface area contributed by atoms with E-state index in [1.54, 1.807) is 12.1 Å². The number of hydrogen-bond acceptors (Lipinski definition) is 5. The molecule has 1 amide bonds. The van der Waals surface area contributed by atoms with Crippen molar-refractivity contribution < 1.29 is 17.6 Å². The molecule has 1 aliphatic heterocycles. The first-order valence-electron chi connectivity index (χ1n) is 7.73. The molecule has 1 aromatic carbocycles. The summed E-state index contributed by atoms with van der Waals surface area (Å²) in [5.74, 6) is -0.0313. The van der Waals surface area contributed by atoms with Gasteiger partial charge in [0.1, 0.15) is 11.8 Å². The highest BCUT2D eigenvalue weighted by molar-refractivity contribution is 9.10. The van der Waals surface area contributed by atoms with Gasteiger partial charge in [-0.15, -0.1) is 0 Å². The number of hydrazone groups is 1. The summed E-state index contributed by atoms with van der Waals surface area (Å²) in [4.78, 5) is 12.5. The van der Waals surface area contributed by atoms with Gasteiger partial charge in [-0.05, 0) is 65.2 Å². The molecule has 1 N–H and O–H groups in total. The van der Waals surface area contributed by atoms with Gasteiger partial charge in [0.05, 0.1) is 11.1 Å². The third-order valence-electron chi connectivity index (χ3n) is 3.89. The Morgan fingerprint density at radius 3 is 2.69 bits per heavy atom. The number of hydrogen-bond donors (Lipinski definition) is 1. The minimum atomic E-state index is -3.79. The molecule has 3 rings (SSSR count). The highest BCUT2D eigenvalue weighted by Gasteiger charge is 2.39. The third-order valence-corrected chi connectivity index (χ3v) is 6.49. The fourth-order valence-electron chi connectivity index (χ4n) is 2.66. The Morgan fingerprint density at radius 1 is 1.31 bits per heavy atom. The maximum absolute atomic E-state index is 12.8.